The molecule has 1 saturated carbocycles. The molecule has 0 aromatic heterocycles. The molecule has 1 N–H and O–H groups in total. The zero-order valence-corrected chi connectivity index (χ0v) is 9.15. The van der Waals surface area contributed by atoms with Gasteiger partial charge in [-0.25, -0.2) is 0 Å². The fourth-order valence-corrected chi connectivity index (χ4v) is 2.15. The lowest BCUT2D eigenvalue weighted by atomic mass is 10.0. The molecule has 2 atom stereocenters. The van der Waals surface area contributed by atoms with Crippen LogP contribution in [-0.2, 0) is 11.3 Å². The Morgan fingerprint density at radius 2 is 2.13 bits per heavy atom. The fraction of sp³-hybridized carbons (Fsp3) is 0.538. The molecule has 1 fully saturated rings. The summed E-state index contributed by atoms with van der Waals surface area (Å²) in [5, 5.41) is 10.0. The van der Waals surface area contributed by atoms with Crippen LogP contribution < -0.4 is 0 Å². The van der Waals surface area contributed by atoms with Gasteiger partial charge < -0.3 is 9.84 Å². The van der Waals surface area contributed by atoms with Crippen LogP contribution in [0.1, 0.15) is 31.7 Å². The molecule has 1 aromatic rings. The second-order valence-electron chi connectivity index (χ2n) is 4.53. The first-order chi connectivity index (χ1) is 7.18. The topological polar surface area (TPSA) is 29.5 Å². The van der Waals surface area contributed by atoms with Crippen molar-refractivity contribution >= 4 is 0 Å². The van der Waals surface area contributed by atoms with Crippen LogP contribution in [0, 0.1) is 0 Å². The first-order valence-corrected chi connectivity index (χ1v) is 5.56. The zero-order valence-electron chi connectivity index (χ0n) is 9.15. The summed E-state index contributed by atoms with van der Waals surface area (Å²) in [5.41, 5.74) is 0.537. The summed E-state index contributed by atoms with van der Waals surface area (Å²) >= 11 is 0. The van der Waals surface area contributed by atoms with Crippen molar-refractivity contribution in [3.63, 3.8) is 0 Å². The van der Waals surface area contributed by atoms with Crippen molar-refractivity contribution in [1.29, 1.82) is 0 Å². The highest BCUT2D eigenvalue weighted by Gasteiger charge is 2.37. The Balaban J connectivity index is 1.89. The molecule has 1 aliphatic carbocycles. The van der Waals surface area contributed by atoms with E-state index >= 15 is 0 Å². The van der Waals surface area contributed by atoms with E-state index in [0.717, 1.165) is 19.3 Å². The fourth-order valence-electron chi connectivity index (χ4n) is 2.15. The Morgan fingerprint density at radius 1 is 1.40 bits per heavy atom. The molecule has 0 aliphatic heterocycles. The van der Waals surface area contributed by atoms with Crippen LogP contribution in [-0.4, -0.2) is 16.8 Å². The molecule has 0 radical (unpaired) electrons. The molecule has 0 bridgehead atoms. The molecule has 2 nitrogen and oxygen atoms in total. The maximum absolute atomic E-state index is 10.0. The average molecular weight is 206 g/mol. The molecule has 0 amide bonds. The highest BCUT2D eigenvalue weighted by Crippen LogP contribution is 2.32. The summed E-state index contributed by atoms with van der Waals surface area (Å²) in [6.07, 6.45) is 2.89. The molecule has 0 unspecified atom stereocenters. The van der Waals surface area contributed by atoms with Gasteiger partial charge in [-0.1, -0.05) is 30.3 Å². The van der Waals surface area contributed by atoms with Gasteiger partial charge in [0, 0.05) is 0 Å². The normalized spacial score (nSPS) is 30.7. The second kappa shape index (κ2) is 4.33. The van der Waals surface area contributed by atoms with E-state index in [-0.39, 0.29) is 6.10 Å². The third-order valence-electron chi connectivity index (χ3n) is 3.14. The van der Waals surface area contributed by atoms with E-state index in [9.17, 15) is 5.11 Å². The van der Waals surface area contributed by atoms with Gasteiger partial charge in [-0.05, 0) is 31.7 Å². The molecule has 1 aromatic carbocycles. The molecular formula is C13H18O2. The van der Waals surface area contributed by atoms with Gasteiger partial charge in [-0.3, -0.25) is 0 Å². The lowest BCUT2D eigenvalue weighted by Gasteiger charge is -2.25. The van der Waals surface area contributed by atoms with Crippen LogP contribution in [0.2, 0.25) is 0 Å². The van der Waals surface area contributed by atoms with Crippen LogP contribution in [0.5, 0.6) is 0 Å². The van der Waals surface area contributed by atoms with Gasteiger partial charge in [0.15, 0.2) is 0 Å². The zero-order chi connectivity index (χ0) is 10.7. The molecule has 1 aliphatic rings. The Bertz CT molecular complexity index is 306. The van der Waals surface area contributed by atoms with Crippen LogP contribution in [0.3, 0.4) is 0 Å². The van der Waals surface area contributed by atoms with Gasteiger partial charge in [0.1, 0.15) is 0 Å². The summed E-state index contributed by atoms with van der Waals surface area (Å²) in [4.78, 5) is 0. The van der Waals surface area contributed by atoms with Crippen LogP contribution >= 0.6 is 0 Å². The Hall–Kier alpha value is -0.860. The smallest absolute Gasteiger partial charge is 0.0880 e. The third-order valence-corrected chi connectivity index (χ3v) is 3.14. The molecule has 15 heavy (non-hydrogen) atoms. The first-order valence-electron chi connectivity index (χ1n) is 5.56. The molecule has 2 heteroatoms. The van der Waals surface area contributed by atoms with Gasteiger partial charge in [-0.2, -0.15) is 0 Å². The SMILES string of the molecule is C[C@@]1(O)CCC[C@H]1OCc1ccccc1. The summed E-state index contributed by atoms with van der Waals surface area (Å²) in [6.45, 7) is 2.47. The number of aliphatic hydroxyl groups is 1. The van der Waals surface area contributed by atoms with E-state index in [2.05, 4.69) is 0 Å². The minimum absolute atomic E-state index is 0.00212. The predicted octanol–water partition coefficient (Wildman–Crippen LogP) is 2.51. The van der Waals surface area contributed by atoms with Gasteiger partial charge in [0.2, 0.25) is 0 Å². The summed E-state index contributed by atoms with van der Waals surface area (Å²) in [7, 11) is 0. The van der Waals surface area contributed by atoms with E-state index in [1.54, 1.807) is 0 Å². The van der Waals surface area contributed by atoms with E-state index in [1.165, 1.54) is 5.56 Å². The Labute approximate surface area is 90.9 Å². The summed E-state index contributed by atoms with van der Waals surface area (Å²) in [6, 6.07) is 10.1. The first kappa shape index (κ1) is 10.7. The highest BCUT2D eigenvalue weighted by atomic mass is 16.5. The Kier molecular flexibility index (Phi) is 3.08. The number of rotatable bonds is 3. The Morgan fingerprint density at radius 3 is 2.73 bits per heavy atom. The molecule has 0 heterocycles. The maximum Gasteiger partial charge on any atom is 0.0880 e. The number of ether oxygens (including phenoxy) is 1. The van der Waals surface area contributed by atoms with Crippen LogP contribution in [0.4, 0.5) is 0 Å². The van der Waals surface area contributed by atoms with Crippen molar-refractivity contribution in [1.82, 2.24) is 0 Å². The van der Waals surface area contributed by atoms with E-state index < -0.39 is 5.60 Å². The maximum atomic E-state index is 10.0. The standard InChI is InChI=1S/C13H18O2/c1-13(14)9-5-8-12(13)15-10-11-6-3-2-4-7-11/h2-4,6-7,12,14H,5,8-10H2,1H3/t12-,13-/m1/s1. The average Bonchev–Trinajstić information content (AvgIpc) is 2.56. The van der Waals surface area contributed by atoms with Crippen molar-refractivity contribution < 1.29 is 9.84 Å². The molecular weight excluding hydrogens is 188 g/mol. The molecule has 2 rings (SSSR count). The third kappa shape index (κ3) is 2.58. The van der Waals surface area contributed by atoms with Gasteiger partial charge in [0.25, 0.3) is 0 Å². The lowest BCUT2D eigenvalue weighted by molar-refractivity contribution is -0.0851. The van der Waals surface area contributed by atoms with Gasteiger partial charge >= 0.3 is 0 Å². The minimum atomic E-state index is -0.630. The molecule has 0 spiro atoms. The quantitative estimate of drug-likeness (QED) is 0.823. The largest absolute Gasteiger partial charge is 0.387 e. The highest BCUT2D eigenvalue weighted by molar-refractivity contribution is 5.13. The second-order valence-corrected chi connectivity index (χ2v) is 4.53. The van der Waals surface area contributed by atoms with E-state index in [0.29, 0.717) is 6.61 Å². The van der Waals surface area contributed by atoms with Gasteiger partial charge in [0.05, 0.1) is 18.3 Å². The number of hydrogen-bond acceptors (Lipinski definition) is 2. The molecule has 0 saturated heterocycles. The van der Waals surface area contributed by atoms with Gasteiger partial charge in [-0.15, -0.1) is 0 Å². The van der Waals surface area contributed by atoms with E-state index in [1.807, 2.05) is 37.3 Å². The lowest BCUT2D eigenvalue weighted by Crippen LogP contribution is -2.35. The molecule has 82 valence electrons. The van der Waals surface area contributed by atoms with Crippen LogP contribution in [0.15, 0.2) is 30.3 Å². The monoisotopic (exact) mass is 206 g/mol. The van der Waals surface area contributed by atoms with Crippen molar-refractivity contribution in [2.45, 2.75) is 44.5 Å². The number of hydrogen-bond donors (Lipinski definition) is 1. The summed E-state index contributed by atoms with van der Waals surface area (Å²) < 4.78 is 5.75. The van der Waals surface area contributed by atoms with Crippen LogP contribution in [0.25, 0.3) is 0 Å². The predicted molar refractivity (Wildman–Crippen MR) is 59.5 cm³/mol. The number of benzene rings is 1. The summed E-state index contributed by atoms with van der Waals surface area (Å²) in [5.74, 6) is 0. The van der Waals surface area contributed by atoms with Crippen molar-refractivity contribution in [2.24, 2.45) is 0 Å². The van der Waals surface area contributed by atoms with E-state index in [4.69, 9.17) is 4.74 Å². The van der Waals surface area contributed by atoms with Crippen molar-refractivity contribution in [2.75, 3.05) is 0 Å². The van der Waals surface area contributed by atoms with Crippen molar-refractivity contribution in [3.8, 4) is 0 Å². The van der Waals surface area contributed by atoms with Crippen molar-refractivity contribution in [3.05, 3.63) is 35.9 Å². The minimum Gasteiger partial charge on any atom is -0.387 e.